The van der Waals surface area contributed by atoms with Crippen molar-refractivity contribution in [3.05, 3.63) is 35.1 Å². The molecule has 2 aromatic rings. The van der Waals surface area contributed by atoms with E-state index in [1.165, 1.54) is 12.4 Å². The molecule has 2 fully saturated rings. The van der Waals surface area contributed by atoms with E-state index >= 15 is 0 Å². The predicted octanol–water partition coefficient (Wildman–Crippen LogP) is 3.05. The van der Waals surface area contributed by atoms with Crippen molar-refractivity contribution in [3.63, 3.8) is 0 Å². The molecule has 0 saturated carbocycles. The Morgan fingerprint density at radius 2 is 2.21 bits per heavy atom. The molecule has 0 bridgehead atoms. The van der Waals surface area contributed by atoms with Gasteiger partial charge in [-0.3, -0.25) is 9.78 Å². The Labute approximate surface area is 197 Å². The van der Waals surface area contributed by atoms with Crippen LogP contribution in [0.2, 0.25) is 5.02 Å². The normalized spacial score (nSPS) is 22.7. The van der Waals surface area contributed by atoms with Crippen LogP contribution in [0.1, 0.15) is 32.4 Å². The summed E-state index contributed by atoms with van der Waals surface area (Å²) < 4.78 is 25.8. The zero-order valence-electron chi connectivity index (χ0n) is 18.9. The lowest BCUT2D eigenvalue weighted by Gasteiger charge is -2.35. The largest absolute Gasteiger partial charge is 0.371 e. The minimum Gasteiger partial charge on any atom is -0.371 e. The van der Waals surface area contributed by atoms with Crippen LogP contribution in [0.3, 0.4) is 0 Å². The van der Waals surface area contributed by atoms with E-state index in [2.05, 4.69) is 25.6 Å². The third-order valence-electron chi connectivity index (χ3n) is 5.85. The van der Waals surface area contributed by atoms with Crippen molar-refractivity contribution in [1.29, 1.82) is 0 Å². The topological polar surface area (TPSA) is 98.3 Å². The van der Waals surface area contributed by atoms with Crippen LogP contribution in [0.4, 0.5) is 10.2 Å². The average molecular weight is 478 g/mol. The summed E-state index contributed by atoms with van der Waals surface area (Å²) in [4.78, 5) is 25.2. The lowest BCUT2D eigenvalue weighted by molar-refractivity contribution is -0.170. The Bertz CT molecular complexity index is 990. The molecule has 0 aromatic carbocycles. The number of aromatic nitrogens is 3. The van der Waals surface area contributed by atoms with Gasteiger partial charge in [0.05, 0.1) is 41.8 Å². The number of piperidine rings is 1. The van der Waals surface area contributed by atoms with Gasteiger partial charge in [-0.1, -0.05) is 11.6 Å². The number of rotatable bonds is 7. The summed E-state index contributed by atoms with van der Waals surface area (Å²) in [6.45, 7) is 6.74. The first kappa shape index (κ1) is 23.9. The van der Waals surface area contributed by atoms with Crippen LogP contribution in [0, 0.1) is 11.9 Å². The van der Waals surface area contributed by atoms with E-state index < -0.39 is 5.95 Å². The van der Waals surface area contributed by atoms with Crippen LogP contribution < -0.4 is 10.6 Å². The monoisotopic (exact) mass is 477 g/mol. The van der Waals surface area contributed by atoms with Crippen LogP contribution in [0.5, 0.6) is 0 Å². The number of Topliss-reactive ketones (excluding diaryl/α,β-unsaturated/α-hetero) is 1. The summed E-state index contributed by atoms with van der Waals surface area (Å²) in [6.07, 6.45) is 4.68. The Kier molecular flexibility index (Phi) is 7.53. The van der Waals surface area contributed by atoms with E-state index in [1.54, 1.807) is 6.07 Å². The van der Waals surface area contributed by atoms with E-state index in [4.69, 9.17) is 21.1 Å². The highest BCUT2D eigenvalue weighted by molar-refractivity contribution is 6.33. The van der Waals surface area contributed by atoms with Crippen LogP contribution in [-0.4, -0.2) is 65.3 Å². The van der Waals surface area contributed by atoms with Gasteiger partial charge in [0.15, 0.2) is 5.82 Å². The van der Waals surface area contributed by atoms with Gasteiger partial charge in [0.2, 0.25) is 0 Å². The summed E-state index contributed by atoms with van der Waals surface area (Å²) in [7, 11) is 0. The van der Waals surface area contributed by atoms with E-state index in [0.717, 1.165) is 19.4 Å². The van der Waals surface area contributed by atoms with Crippen LogP contribution in [0.25, 0.3) is 11.3 Å². The van der Waals surface area contributed by atoms with Crippen molar-refractivity contribution in [2.75, 3.05) is 38.2 Å². The zero-order chi connectivity index (χ0) is 23.4. The maximum absolute atomic E-state index is 14.3. The summed E-state index contributed by atoms with van der Waals surface area (Å²) in [5, 5.41) is 6.57. The second-order valence-electron chi connectivity index (χ2n) is 9.12. The van der Waals surface area contributed by atoms with Gasteiger partial charge in [0.25, 0.3) is 5.95 Å². The molecule has 2 atom stereocenters. The number of nitrogens with zero attached hydrogens (tertiary/aromatic N) is 3. The molecule has 0 radical (unpaired) electrons. The highest BCUT2D eigenvalue weighted by Crippen LogP contribution is 2.28. The Hall–Kier alpha value is -2.20. The molecule has 4 heterocycles. The summed E-state index contributed by atoms with van der Waals surface area (Å²) in [5.74, 6) is -0.577. The van der Waals surface area contributed by atoms with Crippen LogP contribution in [-0.2, 0) is 20.7 Å². The molecule has 0 aliphatic carbocycles. The Morgan fingerprint density at radius 3 is 2.94 bits per heavy atom. The molecule has 2 saturated heterocycles. The van der Waals surface area contributed by atoms with Gasteiger partial charge in [-0.2, -0.15) is 4.39 Å². The average Bonchev–Trinajstić information content (AvgIpc) is 2.81. The first-order valence-corrected chi connectivity index (χ1v) is 11.6. The lowest BCUT2D eigenvalue weighted by Crippen LogP contribution is -2.44. The fraction of sp³-hybridized carbons (Fsp3) is 0.565. The number of carbonyl (C=O) groups is 1. The van der Waals surface area contributed by atoms with Crippen molar-refractivity contribution in [2.24, 2.45) is 5.92 Å². The number of ketones is 1. The minimum atomic E-state index is -0.721. The second-order valence-corrected chi connectivity index (χ2v) is 9.53. The van der Waals surface area contributed by atoms with E-state index in [-0.39, 0.29) is 35.6 Å². The molecule has 2 aromatic heterocycles. The zero-order valence-corrected chi connectivity index (χ0v) is 19.6. The number of nitrogens with one attached hydrogen (secondary N) is 2. The molecule has 0 amide bonds. The molecular formula is C23H29ClFN5O3. The molecule has 0 spiro atoms. The molecule has 2 aliphatic heterocycles. The number of anilines is 1. The van der Waals surface area contributed by atoms with Crippen molar-refractivity contribution in [3.8, 4) is 11.3 Å². The molecule has 0 unspecified atom stereocenters. The quantitative estimate of drug-likeness (QED) is 0.628. The third-order valence-corrected chi connectivity index (χ3v) is 6.15. The van der Waals surface area contributed by atoms with E-state index in [0.29, 0.717) is 48.3 Å². The number of pyridine rings is 1. The maximum atomic E-state index is 14.3. The van der Waals surface area contributed by atoms with Crippen molar-refractivity contribution < 1.29 is 18.7 Å². The van der Waals surface area contributed by atoms with E-state index in [9.17, 15) is 9.18 Å². The van der Waals surface area contributed by atoms with E-state index in [1.807, 2.05) is 13.8 Å². The van der Waals surface area contributed by atoms with Gasteiger partial charge < -0.3 is 20.1 Å². The summed E-state index contributed by atoms with van der Waals surface area (Å²) in [5.41, 5.74) is 1.21. The number of ether oxygens (including phenoxy) is 2. The molecule has 33 heavy (non-hydrogen) atoms. The molecule has 2 N–H and O–H groups in total. The Balaban J connectivity index is 1.45. The first-order chi connectivity index (χ1) is 15.8. The van der Waals surface area contributed by atoms with Gasteiger partial charge in [-0.25, -0.2) is 9.97 Å². The lowest BCUT2D eigenvalue weighted by atomic mass is 9.92. The highest BCUT2D eigenvalue weighted by atomic mass is 35.5. The molecule has 10 heteroatoms. The summed E-state index contributed by atoms with van der Waals surface area (Å²) >= 11 is 6.36. The molecular weight excluding hydrogens is 449 g/mol. The SMILES string of the molecule is CC1(C)CO[C@@H](CNc2nc(-c3cc(CC(=O)[C@@H]4CCCNC4)ncc3Cl)cnc2F)CO1. The first-order valence-electron chi connectivity index (χ1n) is 11.2. The van der Waals surface area contributed by atoms with Gasteiger partial charge in [-0.05, 0) is 39.3 Å². The Morgan fingerprint density at radius 1 is 1.36 bits per heavy atom. The molecule has 4 rings (SSSR count). The van der Waals surface area contributed by atoms with Gasteiger partial charge >= 0.3 is 0 Å². The molecule has 8 nitrogen and oxygen atoms in total. The minimum absolute atomic E-state index is 0.000260. The van der Waals surface area contributed by atoms with Crippen LogP contribution in [0.15, 0.2) is 18.5 Å². The molecule has 178 valence electrons. The molecule has 2 aliphatic rings. The third kappa shape index (κ3) is 6.23. The van der Waals surface area contributed by atoms with Crippen molar-refractivity contribution >= 4 is 23.2 Å². The van der Waals surface area contributed by atoms with Gasteiger partial charge in [0, 0.05) is 42.9 Å². The standard InChI is InChI=1S/C23H29ClFN5O3/c1-23(2)13-32-16(12-33-23)9-29-22-21(25)28-11-19(30-22)17-6-15(27-10-18(17)24)7-20(31)14-4-3-5-26-8-14/h6,10-11,14,16,26H,3-5,7-9,12-13H2,1-2H3,(H,29,30)/t14-,16+/m1/s1. The van der Waals surface area contributed by atoms with Crippen molar-refractivity contribution in [1.82, 2.24) is 20.3 Å². The number of carbonyl (C=O) groups excluding carboxylic acids is 1. The number of halogens is 2. The van der Waals surface area contributed by atoms with Gasteiger partial charge in [0.1, 0.15) is 5.78 Å². The maximum Gasteiger partial charge on any atom is 0.255 e. The highest BCUT2D eigenvalue weighted by Gasteiger charge is 2.28. The summed E-state index contributed by atoms with van der Waals surface area (Å²) in [6, 6.07) is 1.72. The fourth-order valence-corrected chi connectivity index (χ4v) is 4.10. The number of hydrogen-bond acceptors (Lipinski definition) is 8. The van der Waals surface area contributed by atoms with Gasteiger partial charge in [-0.15, -0.1) is 0 Å². The number of hydrogen-bond donors (Lipinski definition) is 2. The second kappa shape index (κ2) is 10.4. The predicted molar refractivity (Wildman–Crippen MR) is 123 cm³/mol. The fourth-order valence-electron chi connectivity index (χ4n) is 3.90. The van der Waals surface area contributed by atoms with Crippen LogP contribution >= 0.6 is 11.6 Å². The van der Waals surface area contributed by atoms with Crippen molar-refractivity contribution in [2.45, 2.75) is 44.8 Å². The smallest absolute Gasteiger partial charge is 0.255 e.